The number of nitrogens with one attached hydrogen (secondary N) is 2. The maximum Gasteiger partial charge on any atom is 0.191 e. The second-order valence-electron chi connectivity index (χ2n) is 6.70. The SMILES string of the molecule is C=CCOc1ccccc1CNC(=NC)NCC(C)N1CCN(C)CC1.I. The van der Waals surface area contributed by atoms with Gasteiger partial charge >= 0.3 is 0 Å². The van der Waals surface area contributed by atoms with E-state index in [2.05, 4.69) is 52.0 Å². The number of aliphatic imine (C=N–C) groups is 1. The Morgan fingerprint density at radius 2 is 1.96 bits per heavy atom. The number of nitrogens with zero attached hydrogens (tertiary/aromatic N) is 3. The number of guanidine groups is 1. The Morgan fingerprint density at radius 3 is 2.63 bits per heavy atom. The summed E-state index contributed by atoms with van der Waals surface area (Å²) in [7, 11) is 3.98. The quantitative estimate of drug-likeness (QED) is 0.255. The predicted molar refractivity (Wildman–Crippen MR) is 124 cm³/mol. The van der Waals surface area contributed by atoms with Gasteiger partial charge in [-0.05, 0) is 20.0 Å². The summed E-state index contributed by atoms with van der Waals surface area (Å²) in [5.74, 6) is 1.69. The fourth-order valence-electron chi connectivity index (χ4n) is 2.98. The Kier molecular flexibility index (Phi) is 11.4. The van der Waals surface area contributed by atoms with E-state index in [9.17, 15) is 0 Å². The maximum absolute atomic E-state index is 5.71. The summed E-state index contributed by atoms with van der Waals surface area (Å²) in [4.78, 5) is 9.24. The van der Waals surface area contributed by atoms with Gasteiger partial charge in [-0.2, -0.15) is 0 Å². The summed E-state index contributed by atoms with van der Waals surface area (Å²) < 4.78 is 5.71. The van der Waals surface area contributed by atoms with Crippen LogP contribution in [0, 0.1) is 0 Å². The smallest absolute Gasteiger partial charge is 0.191 e. The first-order chi connectivity index (χ1) is 12.6. The highest BCUT2D eigenvalue weighted by atomic mass is 127. The van der Waals surface area contributed by atoms with E-state index in [4.69, 9.17) is 4.74 Å². The Labute approximate surface area is 181 Å². The molecule has 0 amide bonds. The molecule has 0 saturated carbocycles. The molecule has 1 aromatic rings. The van der Waals surface area contributed by atoms with Crippen LogP contribution >= 0.6 is 24.0 Å². The van der Waals surface area contributed by atoms with E-state index < -0.39 is 0 Å². The summed E-state index contributed by atoms with van der Waals surface area (Å²) in [6.07, 6.45) is 1.75. The molecule has 0 aromatic heterocycles. The van der Waals surface area contributed by atoms with E-state index in [1.165, 1.54) is 0 Å². The van der Waals surface area contributed by atoms with Crippen molar-refractivity contribution in [3.05, 3.63) is 42.5 Å². The van der Waals surface area contributed by atoms with Crippen LogP contribution in [0.4, 0.5) is 0 Å². The number of rotatable bonds is 8. The predicted octanol–water partition coefficient (Wildman–Crippen LogP) is 2.17. The lowest BCUT2D eigenvalue weighted by molar-refractivity contribution is 0.120. The number of halogens is 1. The van der Waals surface area contributed by atoms with Crippen LogP contribution in [0.15, 0.2) is 41.9 Å². The monoisotopic (exact) mass is 487 g/mol. The summed E-state index contributed by atoms with van der Waals surface area (Å²) in [5.41, 5.74) is 1.10. The molecule has 0 aliphatic carbocycles. The van der Waals surface area contributed by atoms with Crippen molar-refractivity contribution in [2.75, 3.05) is 53.4 Å². The molecule has 7 heteroatoms. The first-order valence-corrected chi connectivity index (χ1v) is 9.32. The van der Waals surface area contributed by atoms with E-state index in [1.807, 2.05) is 18.2 Å². The van der Waals surface area contributed by atoms with Crippen molar-refractivity contribution in [1.82, 2.24) is 20.4 Å². The molecule has 0 radical (unpaired) electrons. The van der Waals surface area contributed by atoms with Crippen LogP contribution in [-0.2, 0) is 6.54 Å². The minimum absolute atomic E-state index is 0. The van der Waals surface area contributed by atoms with Crippen LogP contribution in [-0.4, -0.2) is 75.2 Å². The maximum atomic E-state index is 5.71. The van der Waals surface area contributed by atoms with E-state index in [0.29, 0.717) is 19.2 Å². The van der Waals surface area contributed by atoms with Crippen molar-refractivity contribution in [2.24, 2.45) is 4.99 Å². The third-order valence-corrected chi connectivity index (χ3v) is 4.73. The van der Waals surface area contributed by atoms with E-state index in [0.717, 1.165) is 50.0 Å². The topological polar surface area (TPSA) is 52.1 Å². The molecule has 2 N–H and O–H groups in total. The molecule has 2 rings (SSSR count). The van der Waals surface area contributed by atoms with Crippen molar-refractivity contribution in [1.29, 1.82) is 0 Å². The summed E-state index contributed by atoms with van der Waals surface area (Å²) in [6, 6.07) is 8.51. The molecule has 0 spiro atoms. The van der Waals surface area contributed by atoms with Crippen molar-refractivity contribution in [3.63, 3.8) is 0 Å². The second-order valence-corrected chi connectivity index (χ2v) is 6.70. The second kappa shape index (κ2) is 13.0. The number of ether oxygens (including phenoxy) is 1. The Bertz CT molecular complexity index is 587. The molecule has 1 fully saturated rings. The van der Waals surface area contributed by atoms with Gasteiger partial charge in [0.15, 0.2) is 5.96 Å². The number of piperazine rings is 1. The summed E-state index contributed by atoms with van der Waals surface area (Å²) in [6.45, 7) is 12.5. The Balaban J connectivity index is 0.00000364. The van der Waals surface area contributed by atoms with Gasteiger partial charge in [0.05, 0.1) is 0 Å². The van der Waals surface area contributed by atoms with Gasteiger partial charge in [-0.3, -0.25) is 9.89 Å². The Hall–Kier alpha value is -1.32. The van der Waals surface area contributed by atoms with Gasteiger partial charge in [-0.1, -0.05) is 30.9 Å². The average Bonchev–Trinajstić information content (AvgIpc) is 2.67. The molecule has 0 bridgehead atoms. The Morgan fingerprint density at radius 1 is 1.26 bits per heavy atom. The van der Waals surface area contributed by atoms with Gasteiger partial charge in [0.25, 0.3) is 0 Å². The third kappa shape index (κ3) is 8.06. The van der Waals surface area contributed by atoms with Gasteiger partial charge in [-0.15, -0.1) is 24.0 Å². The molecule has 152 valence electrons. The van der Waals surface area contributed by atoms with Crippen LogP contribution in [0.5, 0.6) is 5.75 Å². The molecule has 27 heavy (non-hydrogen) atoms. The number of para-hydroxylation sites is 1. The lowest BCUT2D eigenvalue weighted by Gasteiger charge is -2.36. The molecule has 6 nitrogen and oxygen atoms in total. The highest BCUT2D eigenvalue weighted by Gasteiger charge is 2.19. The average molecular weight is 487 g/mol. The molecular formula is C20H34IN5O. The van der Waals surface area contributed by atoms with Gasteiger partial charge < -0.3 is 20.3 Å². The minimum Gasteiger partial charge on any atom is -0.489 e. The number of hydrogen-bond donors (Lipinski definition) is 2. The molecule has 1 unspecified atom stereocenters. The van der Waals surface area contributed by atoms with Gasteiger partial charge in [0.2, 0.25) is 0 Å². The first-order valence-electron chi connectivity index (χ1n) is 9.32. The molecule has 1 aromatic carbocycles. The standard InChI is InChI=1S/C20H33N5O.HI/c1-5-14-26-19-9-7-6-8-18(19)16-23-20(21-3)22-15-17(2)25-12-10-24(4)11-13-25;/h5-9,17H,1,10-16H2,2-4H3,(H2,21,22,23);1H. The normalized spacial score (nSPS) is 16.9. The highest BCUT2D eigenvalue weighted by Crippen LogP contribution is 2.17. The lowest BCUT2D eigenvalue weighted by atomic mass is 10.2. The number of likely N-dealkylation sites (N-methyl/N-ethyl adjacent to an activating group) is 1. The minimum atomic E-state index is 0. The van der Waals surface area contributed by atoms with Gasteiger partial charge in [0.1, 0.15) is 12.4 Å². The molecular weight excluding hydrogens is 453 g/mol. The van der Waals surface area contributed by atoms with E-state index in [1.54, 1.807) is 13.1 Å². The van der Waals surface area contributed by atoms with Crippen LogP contribution in [0.25, 0.3) is 0 Å². The van der Waals surface area contributed by atoms with Crippen molar-refractivity contribution in [3.8, 4) is 5.75 Å². The summed E-state index contributed by atoms with van der Waals surface area (Å²) >= 11 is 0. The largest absolute Gasteiger partial charge is 0.489 e. The zero-order chi connectivity index (χ0) is 18.8. The van der Waals surface area contributed by atoms with Crippen LogP contribution < -0.4 is 15.4 Å². The van der Waals surface area contributed by atoms with Gasteiger partial charge in [-0.25, -0.2) is 0 Å². The van der Waals surface area contributed by atoms with Crippen LogP contribution in [0.2, 0.25) is 0 Å². The first kappa shape index (κ1) is 23.7. The van der Waals surface area contributed by atoms with Crippen molar-refractivity contribution >= 4 is 29.9 Å². The van der Waals surface area contributed by atoms with E-state index in [-0.39, 0.29) is 24.0 Å². The summed E-state index contributed by atoms with van der Waals surface area (Å²) in [5, 5.41) is 6.81. The molecule has 1 atom stereocenters. The number of benzene rings is 1. The zero-order valence-electron chi connectivity index (χ0n) is 16.8. The van der Waals surface area contributed by atoms with Crippen molar-refractivity contribution in [2.45, 2.75) is 19.5 Å². The van der Waals surface area contributed by atoms with Crippen molar-refractivity contribution < 1.29 is 4.74 Å². The molecule has 1 heterocycles. The fraction of sp³-hybridized carbons (Fsp3) is 0.550. The van der Waals surface area contributed by atoms with Crippen LogP contribution in [0.1, 0.15) is 12.5 Å². The fourth-order valence-corrected chi connectivity index (χ4v) is 2.98. The van der Waals surface area contributed by atoms with Gasteiger partial charge in [0, 0.05) is 57.9 Å². The molecule has 1 aliphatic rings. The highest BCUT2D eigenvalue weighted by molar-refractivity contribution is 14.0. The zero-order valence-corrected chi connectivity index (χ0v) is 19.1. The van der Waals surface area contributed by atoms with Crippen LogP contribution in [0.3, 0.4) is 0 Å². The molecule has 1 saturated heterocycles. The van der Waals surface area contributed by atoms with E-state index >= 15 is 0 Å². The number of hydrogen-bond acceptors (Lipinski definition) is 4. The molecule has 1 aliphatic heterocycles. The lowest BCUT2D eigenvalue weighted by Crippen LogP contribution is -2.52. The third-order valence-electron chi connectivity index (χ3n) is 4.73.